The smallest absolute Gasteiger partial charge is 0.664 e. The van der Waals surface area contributed by atoms with Gasteiger partial charge in [-0.25, -0.2) is 0 Å². The van der Waals surface area contributed by atoms with E-state index in [1.807, 2.05) is 46.8 Å². The number of aromatic nitrogens is 2. The van der Waals surface area contributed by atoms with E-state index < -0.39 is 23.6 Å². The minimum atomic E-state index is -1.35. The van der Waals surface area contributed by atoms with Crippen LogP contribution in [0.15, 0.2) is 58.2 Å². The van der Waals surface area contributed by atoms with Crippen LogP contribution in [0.3, 0.4) is 0 Å². The molecule has 0 aromatic carbocycles. The molecule has 4 atom stereocenters. The summed E-state index contributed by atoms with van der Waals surface area (Å²) in [6.45, 7) is 15.8. The fourth-order valence-corrected chi connectivity index (χ4v) is 7.53. The van der Waals surface area contributed by atoms with Crippen molar-refractivity contribution in [3.05, 3.63) is 113 Å². The van der Waals surface area contributed by atoms with Gasteiger partial charge in [0.05, 0.1) is 12.7 Å². The summed E-state index contributed by atoms with van der Waals surface area (Å²) >= 11 is 0. The quantitative estimate of drug-likeness (QED) is 0.147. The Morgan fingerprint density at radius 2 is 1.82 bits per heavy atom. The van der Waals surface area contributed by atoms with Crippen LogP contribution in [0.25, 0.3) is 29.6 Å². The van der Waals surface area contributed by atoms with Crippen molar-refractivity contribution in [2.75, 3.05) is 13.7 Å². The van der Waals surface area contributed by atoms with Crippen LogP contribution in [0.4, 0.5) is 0 Å². The van der Waals surface area contributed by atoms with Crippen LogP contribution >= 0.6 is 0 Å². The van der Waals surface area contributed by atoms with E-state index in [0.717, 1.165) is 33.3 Å². The maximum Gasteiger partial charge on any atom is 2.00 e. The second kappa shape index (κ2) is 14.6. The second-order valence-electron chi connectivity index (χ2n) is 12.9. The second-order valence-corrected chi connectivity index (χ2v) is 12.9. The zero-order valence-corrected chi connectivity index (χ0v) is 31.1. The SMILES string of the molecule is C=Cc1c2[n-]c(c1C)/C=C1\[N-]/C(=C3\C4=C(C(=O)[C@@H]3C(=O)OC)C(C)=C(/C=c3\[n-]/c(c(C)c3CC)=C\2)[NH+]4[O-])[C@@H](CCC(=O)OC/C=C\C)[C@@H]1C.[Mg+2]. The van der Waals surface area contributed by atoms with Crippen molar-refractivity contribution in [1.82, 2.24) is 9.97 Å². The minimum Gasteiger partial charge on any atom is -0.664 e. The number of quaternary nitrogens is 1. The zero-order valence-electron chi connectivity index (χ0n) is 29.7. The van der Waals surface area contributed by atoms with Gasteiger partial charge in [-0.05, 0) is 64.0 Å². The van der Waals surface area contributed by atoms with Crippen LogP contribution in [-0.2, 0) is 30.3 Å². The first-order chi connectivity index (χ1) is 23.5. The van der Waals surface area contributed by atoms with Gasteiger partial charge in [-0.15, -0.1) is 27.8 Å². The molecule has 0 amide bonds. The number of fused-ring (bicyclic) bond motifs is 7. The zero-order chi connectivity index (χ0) is 35.3. The van der Waals surface area contributed by atoms with Gasteiger partial charge in [0.15, 0.2) is 11.5 Å². The molecule has 3 aliphatic heterocycles. The molecule has 2 aromatic rings. The van der Waals surface area contributed by atoms with Crippen LogP contribution in [0.5, 0.6) is 0 Å². The molecule has 0 saturated carbocycles. The van der Waals surface area contributed by atoms with Crippen LogP contribution in [0.1, 0.15) is 74.2 Å². The molecule has 2 aromatic heterocycles. The van der Waals surface area contributed by atoms with Gasteiger partial charge in [0.2, 0.25) is 0 Å². The normalized spacial score (nSPS) is 26.2. The molecule has 0 spiro atoms. The number of rotatable bonds is 8. The Bertz CT molecular complexity index is 2090. The standard InChI is InChI=1S/C39H42N4O6.Mg/c1-9-12-15-49-32(44)14-13-25-21(6)28-16-26-19(4)23(10-2)29(40-26)17-27-20(5)24(11-3)30(41-27)18-31-22(7)33-37(43(31)47)34(36(25)42-28)35(38(33)45)39(46)48-8;/h9-10,12,16-18,21,25,35,43H,2,11,13-15H2,1,3-8H3,(H,42,45);/q-2;+2/p-1/b12-9-,27-17-,28-16-,30-18-;/t21-,25-,35+;/m0./s1. The predicted octanol–water partition coefficient (Wildman–Crippen LogP) is 3.10. The maximum absolute atomic E-state index is 14.5. The third-order valence-electron chi connectivity index (χ3n) is 10.3. The molecule has 1 unspecified atom stereocenters. The van der Waals surface area contributed by atoms with E-state index in [1.165, 1.54) is 7.11 Å². The molecule has 1 aliphatic carbocycles. The molecule has 8 bridgehead atoms. The number of nitrogens with one attached hydrogen (secondary N) is 1. The van der Waals surface area contributed by atoms with E-state index in [4.69, 9.17) is 24.8 Å². The van der Waals surface area contributed by atoms with Gasteiger partial charge in [-0.3, -0.25) is 14.4 Å². The molecular weight excluding hydrogens is 645 g/mol. The van der Waals surface area contributed by atoms with Gasteiger partial charge in [0, 0.05) is 17.6 Å². The first kappa shape index (κ1) is 37.1. The Hall–Kier alpha value is -4.16. The minimum absolute atomic E-state index is 0. The van der Waals surface area contributed by atoms with Gasteiger partial charge in [0.25, 0.3) is 0 Å². The number of hydroxylamine groups is 2. The van der Waals surface area contributed by atoms with Crippen molar-refractivity contribution >= 4 is 65.1 Å². The van der Waals surface area contributed by atoms with Crippen LogP contribution in [-0.4, -0.2) is 54.5 Å². The molecule has 4 aliphatic rings. The fourth-order valence-electron chi connectivity index (χ4n) is 7.53. The van der Waals surface area contributed by atoms with Crippen molar-refractivity contribution < 1.29 is 28.9 Å². The Balaban J connectivity index is 0.00000486. The molecular formula is C39H41MgN4O6-. The number of ketones is 1. The van der Waals surface area contributed by atoms with Crippen LogP contribution < -0.4 is 25.7 Å². The summed E-state index contributed by atoms with van der Waals surface area (Å²) in [6, 6.07) is 0. The maximum atomic E-state index is 14.5. The van der Waals surface area contributed by atoms with E-state index in [-0.39, 0.29) is 69.9 Å². The third-order valence-corrected chi connectivity index (χ3v) is 10.3. The topological polar surface area (TPSA) is 139 Å². The number of allylic oxidation sites excluding steroid dienone is 7. The Labute approximate surface area is 308 Å². The number of methoxy groups -OCH3 is 1. The Morgan fingerprint density at radius 3 is 2.48 bits per heavy atom. The summed E-state index contributed by atoms with van der Waals surface area (Å²) in [4.78, 5) is 50.3. The summed E-state index contributed by atoms with van der Waals surface area (Å²) in [5.41, 5.74) is 7.77. The summed E-state index contributed by atoms with van der Waals surface area (Å²) < 4.78 is 10.5. The Kier molecular flexibility index (Phi) is 10.8. The number of carbonyl (C=O) groups excluding carboxylic acids is 3. The van der Waals surface area contributed by atoms with E-state index in [0.29, 0.717) is 46.5 Å². The van der Waals surface area contributed by atoms with Crippen molar-refractivity contribution in [2.45, 2.75) is 60.8 Å². The largest absolute Gasteiger partial charge is 2.00 e. The van der Waals surface area contributed by atoms with E-state index in [2.05, 4.69) is 6.58 Å². The number of Topliss-reactive ketones (excluding diaryl/α,β-unsaturated/α-hetero) is 1. The third kappa shape index (κ3) is 5.99. The van der Waals surface area contributed by atoms with Crippen LogP contribution in [0.2, 0.25) is 0 Å². The first-order valence-corrected chi connectivity index (χ1v) is 16.7. The van der Waals surface area contributed by atoms with Gasteiger partial charge in [-0.2, -0.15) is 5.70 Å². The van der Waals surface area contributed by atoms with Gasteiger partial charge < -0.3 is 35.0 Å². The molecule has 1 fully saturated rings. The number of hydrogen-bond donors (Lipinski definition) is 1. The molecule has 11 heteroatoms. The Morgan fingerprint density at radius 1 is 1.08 bits per heavy atom. The number of carbonyl (C=O) groups is 3. The average molecular weight is 686 g/mol. The number of ether oxygens (including phenoxy) is 2. The monoisotopic (exact) mass is 685 g/mol. The van der Waals surface area contributed by atoms with Crippen molar-refractivity contribution in [2.24, 2.45) is 17.8 Å². The van der Waals surface area contributed by atoms with Gasteiger partial charge >= 0.3 is 35.0 Å². The molecule has 50 heavy (non-hydrogen) atoms. The van der Waals surface area contributed by atoms with Crippen molar-refractivity contribution in [3.8, 4) is 0 Å². The molecule has 0 radical (unpaired) electrons. The van der Waals surface area contributed by atoms with E-state index in [9.17, 15) is 19.6 Å². The molecule has 5 heterocycles. The van der Waals surface area contributed by atoms with E-state index >= 15 is 0 Å². The number of esters is 2. The van der Waals surface area contributed by atoms with Crippen molar-refractivity contribution in [1.29, 1.82) is 0 Å². The van der Waals surface area contributed by atoms with E-state index in [1.54, 1.807) is 31.2 Å². The molecule has 1 saturated heterocycles. The van der Waals surface area contributed by atoms with Gasteiger partial charge in [-0.1, -0.05) is 67.5 Å². The average Bonchev–Trinajstić information content (AvgIpc) is 3.81. The van der Waals surface area contributed by atoms with Crippen LogP contribution in [0, 0.1) is 36.8 Å². The molecule has 10 nitrogen and oxygen atoms in total. The first-order valence-electron chi connectivity index (χ1n) is 16.7. The summed E-state index contributed by atoms with van der Waals surface area (Å²) in [6.07, 6.45) is 12.0. The number of hydrogen-bond acceptors (Lipinski definition) is 6. The summed E-state index contributed by atoms with van der Waals surface area (Å²) in [5.74, 6) is -3.64. The number of nitrogens with zero attached hydrogens (tertiary/aromatic N) is 3. The predicted molar refractivity (Wildman–Crippen MR) is 192 cm³/mol. The van der Waals surface area contributed by atoms with Gasteiger partial charge in [0.1, 0.15) is 18.2 Å². The molecule has 1 N–H and O–H groups in total. The molecule has 256 valence electrons. The summed E-state index contributed by atoms with van der Waals surface area (Å²) in [7, 11) is 1.23. The molecule has 6 rings (SSSR count). The summed E-state index contributed by atoms with van der Waals surface area (Å²) in [5, 5.41) is 20.6. The van der Waals surface area contributed by atoms with Crippen molar-refractivity contribution in [3.63, 3.8) is 0 Å². The fraction of sp³-hybridized carbons (Fsp3) is 0.359.